The first-order valence-corrected chi connectivity index (χ1v) is 6.18. The lowest BCUT2D eigenvalue weighted by Gasteiger charge is -2.13. The van der Waals surface area contributed by atoms with Crippen molar-refractivity contribution in [1.29, 1.82) is 0 Å². The van der Waals surface area contributed by atoms with E-state index in [-0.39, 0.29) is 11.6 Å². The van der Waals surface area contributed by atoms with Crippen LogP contribution < -0.4 is 10.9 Å². The molecule has 2 N–H and O–H groups in total. The quantitative estimate of drug-likeness (QED) is 0.862. The molecule has 0 amide bonds. The zero-order valence-corrected chi connectivity index (χ0v) is 11.5. The first-order valence-electron chi connectivity index (χ1n) is 5.39. The lowest BCUT2D eigenvalue weighted by Crippen LogP contribution is -2.24. The van der Waals surface area contributed by atoms with Crippen molar-refractivity contribution in [1.82, 2.24) is 30.4 Å². The summed E-state index contributed by atoms with van der Waals surface area (Å²) in [5.41, 5.74) is 0.421. The molecule has 18 heavy (non-hydrogen) atoms. The molecule has 0 saturated carbocycles. The number of hydrogen-bond donors (Lipinski definition) is 2. The van der Waals surface area contributed by atoms with Gasteiger partial charge in [0.1, 0.15) is 4.47 Å². The Balaban J connectivity index is 2.25. The third-order valence-corrected chi connectivity index (χ3v) is 3.17. The SMILES string of the molecule is CCn1ncc(NC(C)c2nn[nH]n2)c(Br)c1=O. The van der Waals surface area contributed by atoms with Crippen molar-refractivity contribution in [3.05, 3.63) is 26.8 Å². The topological polar surface area (TPSA) is 101 Å². The molecule has 0 bridgehead atoms. The molecule has 0 fully saturated rings. The van der Waals surface area contributed by atoms with Gasteiger partial charge in [-0.15, -0.1) is 10.2 Å². The van der Waals surface area contributed by atoms with Gasteiger partial charge in [0.15, 0.2) is 5.82 Å². The van der Waals surface area contributed by atoms with E-state index < -0.39 is 0 Å². The molecular formula is C9H12BrN7O. The Morgan fingerprint density at radius 2 is 2.39 bits per heavy atom. The summed E-state index contributed by atoms with van der Waals surface area (Å²) in [6.07, 6.45) is 1.59. The molecule has 2 aromatic rings. The number of aromatic nitrogens is 6. The Hall–Kier alpha value is -1.77. The van der Waals surface area contributed by atoms with E-state index in [2.05, 4.69) is 47.0 Å². The third-order valence-electron chi connectivity index (χ3n) is 2.41. The van der Waals surface area contributed by atoms with Crippen molar-refractivity contribution >= 4 is 21.6 Å². The van der Waals surface area contributed by atoms with Crippen LogP contribution in [0.25, 0.3) is 0 Å². The highest BCUT2D eigenvalue weighted by Crippen LogP contribution is 2.20. The fraction of sp³-hybridized carbons (Fsp3) is 0.444. The van der Waals surface area contributed by atoms with Crippen LogP contribution in [0.15, 0.2) is 15.5 Å². The molecule has 2 heterocycles. The standard InChI is InChI=1S/C9H12BrN7O/c1-3-17-9(18)7(10)6(4-11-17)12-5(2)8-13-15-16-14-8/h4-5,12H,3H2,1-2H3,(H,13,14,15,16). The Labute approximate surface area is 111 Å². The molecule has 1 atom stereocenters. The Bertz CT molecular complexity index is 579. The lowest BCUT2D eigenvalue weighted by molar-refractivity contribution is 0.611. The summed E-state index contributed by atoms with van der Waals surface area (Å²) in [7, 11) is 0. The lowest BCUT2D eigenvalue weighted by atomic mass is 10.3. The Kier molecular flexibility index (Phi) is 3.70. The number of nitrogens with zero attached hydrogens (tertiary/aromatic N) is 5. The van der Waals surface area contributed by atoms with Gasteiger partial charge in [0.05, 0.1) is 17.9 Å². The molecule has 0 aliphatic rings. The summed E-state index contributed by atoms with van der Waals surface area (Å²) >= 11 is 3.26. The molecular weight excluding hydrogens is 302 g/mol. The predicted octanol–water partition coefficient (Wildman–Crippen LogP) is 0.712. The van der Waals surface area contributed by atoms with E-state index in [1.54, 1.807) is 6.20 Å². The molecule has 2 rings (SSSR count). The van der Waals surface area contributed by atoms with Crippen molar-refractivity contribution in [2.24, 2.45) is 0 Å². The molecule has 0 aliphatic carbocycles. The highest BCUT2D eigenvalue weighted by molar-refractivity contribution is 9.10. The molecule has 96 valence electrons. The summed E-state index contributed by atoms with van der Waals surface area (Å²) < 4.78 is 1.81. The molecule has 1 unspecified atom stereocenters. The smallest absolute Gasteiger partial charge is 0.283 e. The minimum absolute atomic E-state index is 0.178. The number of anilines is 1. The number of H-pyrrole nitrogens is 1. The van der Waals surface area contributed by atoms with Crippen molar-refractivity contribution in [3.63, 3.8) is 0 Å². The van der Waals surface area contributed by atoms with Crippen LogP contribution in [0.1, 0.15) is 25.7 Å². The van der Waals surface area contributed by atoms with Crippen LogP contribution in [0, 0.1) is 0 Å². The van der Waals surface area contributed by atoms with Gasteiger partial charge in [-0.3, -0.25) is 4.79 Å². The zero-order valence-electron chi connectivity index (χ0n) is 9.88. The summed E-state index contributed by atoms with van der Waals surface area (Å²) in [5, 5.41) is 20.7. The normalized spacial score (nSPS) is 12.4. The average Bonchev–Trinajstić information content (AvgIpc) is 2.89. The summed E-state index contributed by atoms with van der Waals surface area (Å²) in [5.74, 6) is 0.515. The Morgan fingerprint density at radius 1 is 1.61 bits per heavy atom. The van der Waals surface area contributed by atoms with E-state index in [1.165, 1.54) is 4.68 Å². The monoisotopic (exact) mass is 313 g/mol. The first kappa shape index (κ1) is 12.7. The number of hydrogen-bond acceptors (Lipinski definition) is 6. The fourth-order valence-electron chi connectivity index (χ4n) is 1.44. The number of aromatic amines is 1. The summed E-state index contributed by atoms with van der Waals surface area (Å²) in [4.78, 5) is 11.9. The van der Waals surface area contributed by atoms with Gasteiger partial charge in [0.2, 0.25) is 0 Å². The van der Waals surface area contributed by atoms with Crippen LogP contribution >= 0.6 is 15.9 Å². The maximum absolute atomic E-state index is 11.9. The minimum Gasteiger partial charge on any atom is -0.373 e. The van der Waals surface area contributed by atoms with E-state index >= 15 is 0 Å². The van der Waals surface area contributed by atoms with Crippen molar-refractivity contribution in [2.45, 2.75) is 26.4 Å². The van der Waals surface area contributed by atoms with Crippen molar-refractivity contribution in [3.8, 4) is 0 Å². The average molecular weight is 314 g/mol. The third kappa shape index (κ3) is 2.40. The second-order valence-electron chi connectivity index (χ2n) is 3.63. The van der Waals surface area contributed by atoms with Crippen LogP contribution in [0.5, 0.6) is 0 Å². The second-order valence-corrected chi connectivity index (χ2v) is 4.42. The summed E-state index contributed by atoms with van der Waals surface area (Å²) in [6.45, 7) is 4.25. The summed E-state index contributed by atoms with van der Waals surface area (Å²) in [6, 6.07) is -0.182. The van der Waals surface area contributed by atoms with Gasteiger partial charge in [-0.25, -0.2) is 4.68 Å². The van der Waals surface area contributed by atoms with Gasteiger partial charge >= 0.3 is 0 Å². The number of nitrogens with one attached hydrogen (secondary N) is 2. The fourth-order valence-corrected chi connectivity index (χ4v) is 1.86. The molecule has 0 aliphatic heterocycles. The number of rotatable bonds is 4. The highest BCUT2D eigenvalue weighted by Gasteiger charge is 2.14. The van der Waals surface area contributed by atoms with Crippen LogP contribution in [0.2, 0.25) is 0 Å². The molecule has 0 saturated heterocycles. The van der Waals surface area contributed by atoms with E-state index in [1.807, 2.05) is 13.8 Å². The van der Waals surface area contributed by atoms with Gasteiger partial charge in [-0.05, 0) is 29.8 Å². The van der Waals surface area contributed by atoms with Gasteiger partial charge in [0, 0.05) is 6.54 Å². The van der Waals surface area contributed by atoms with E-state index in [4.69, 9.17) is 0 Å². The molecule has 2 aromatic heterocycles. The van der Waals surface area contributed by atoms with E-state index in [9.17, 15) is 4.79 Å². The molecule has 0 radical (unpaired) electrons. The van der Waals surface area contributed by atoms with Crippen LogP contribution in [-0.2, 0) is 6.54 Å². The molecule has 0 aromatic carbocycles. The first-order chi connectivity index (χ1) is 8.63. The number of halogens is 1. The minimum atomic E-state index is -0.182. The number of tetrazole rings is 1. The molecule has 9 heteroatoms. The van der Waals surface area contributed by atoms with Crippen LogP contribution in [-0.4, -0.2) is 30.4 Å². The second kappa shape index (κ2) is 5.25. The van der Waals surface area contributed by atoms with Gasteiger partial charge in [0.25, 0.3) is 5.56 Å². The number of aryl methyl sites for hydroxylation is 1. The van der Waals surface area contributed by atoms with E-state index in [0.717, 1.165) is 0 Å². The van der Waals surface area contributed by atoms with Crippen molar-refractivity contribution < 1.29 is 0 Å². The maximum Gasteiger partial charge on any atom is 0.283 e. The molecule has 0 spiro atoms. The largest absolute Gasteiger partial charge is 0.373 e. The highest BCUT2D eigenvalue weighted by atomic mass is 79.9. The predicted molar refractivity (Wildman–Crippen MR) is 68.1 cm³/mol. The van der Waals surface area contributed by atoms with Crippen molar-refractivity contribution in [2.75, 3.05) is 5.32 Å². The zero-order chi connectivity index (χ0) is 13.1. The van der Waals surface area contributed by atoms with Gasteiger partial charge in [-0.2, -0.15) is 10.3 Å². The van der Waals surface area contributed by atoms with Gasteiger partial charge in [-0.1, -0.05) is 5.21 Å². The van der Waals surface area contributed by atoms with Crippen LogP contribution in [0.4, 0.5) is 5.69 Å². The van der Waals surface area contributed by atoms with E-state index in [0.29, 0.717) is 22.5 Å². The molecule has 8 nitrogen and oxygen atoms in total. The van der Waals surface area contributed by atoms with Gasteiger partial charge < -0.3 is 5.32 Å². The maximum atomic E-state index is 11.9. The Morgan fingerprint density at radius 3 is 3.00 bits per heavy atom. The van der Waals surface area contributed by atoms with Crippen LogP contribution in [0.3, 0.4) is 0 Å².